The fourth-order valence-corrected chi connectivity index (χ4v) is 1.36. The van der Waals surface area contributed by atoms with Gasteiger partial charge in [0, 0.05) is 12.2 Å². The summed E-state index contributed by atoms with van der Waals surface area (Å²) in [5.74, 6) is 0.707. The van der Waals surface area contributed by atoms with Crippen LogP contribution in [-0.4, -0.2) is 11.2 Å². The number of nitrogens with one attached hydrogen (secondary N) is 2. The Morgan fingerprint density at radius 3 is 2.91 bits per heavy atom. The number of thiocarbonyl (C=S) groups is 1. The smallest absolute Gasteiger partial charge is 0.170 e. The second kappa shape index (κ2) is 3.72. The van der Waals surface area contributed by atoms with Crippen LogP contribution >= 0.6 is 12.2 Å². The Bertz CT molecular complexity index is 175. The van der Waals surface area contributed by atoms with E-state index in [9.17, 15) is 0 Å². The van der Waals surface area contributed by atoms with Crippen LogP contribution in [0.4, 0.5) is 0 Å². The first-order valence-electron chi connectivity index (χ1n) is 3.92. The van der Waals surface area contributed by atoms with E-state index in [0.29, 0.717) is 12.0 Å². The van der Waals surface area contributed by atoms with Gasteiger partial charge in [-0.3, -0.25) is 0 Å². The first-order chi connectivity index (χ1) is 5.18. The molecule has 0 bridgehead atoms. The summed E-state index contributed by atoms with van der Waals surface area (Å²) in [5.41, 5.74) is 0. The minimum absolute atomic E-state index is 0.420. The highest BCUT2D eigenvalue weighted by atomic mass is 32.1. The van der Waals surface area contributed by atoms with Gasteiger partial charge in [0.25, 0.3) is 0 Å². The van der Waals surface area contributed by atoms with Gasteiger partial charge in [0.15, 0.2) is 5.11 Å². The monoisotopic (exact) mass is 170 g/mol. The average molecular weight is 170 g/mol. The lowest BCUT2D eigenvalue weighted by molar-refractivity contribution is 0.514. The molecule has 0 aliphatic carbocycles. The fourth-order valence-electron chi connectivity index (χ4n) is 1.14. The van der Waals surface area contributed by atoms with Crippen molar-refractivity contribution in [3.8, 4) is 0 Å². The van der Waals surface area contributed by atoms with Crippen molar-refractivity contribution in [1.29, 1.82) is 0 Å². The van der Waals surface area contributed by atoms with Crippen LogP contribution in [0.3, 0.4) is 0 Å². The molecule has 0 aromatic carbocycles. The van der Waals surface area contributed by atoms with E-state index < -0.39 is 0 Å². The van der Waals surface area contributed by atoms with E-state index in [0.717, 1.165) is 11.5 Å². The van der Waals surface area contributed by atoms with Crippen molar-refractivity contribution in [3.63, 3.8) is 0 Å². The van der Waals surface area contributed by atoms with Crippen molar-refractivity contribution in [2.75, 3.05) is 0 Å². The van der Waals surface area contributed by atoms with Gasteiger partial charge < -0.3 is 10.6 Å². The highest BCUT2D eigenvalue weighted by molar-refractivity contribution is 7.80. The highest BCUT2D eigenvalue weighted by Gasteiger charge is 2.10. The normalized spacial score (nSPS) is 23.2. The van der Waals surface area contributed by atoms with Gasteiger partial charge in [0.1, 0.15) is 0 Å². The lowest BCUT2D eigenvalue weighted by Gasteiger charge is -2.22. The van der Waals surface area contributed by atoms with Crippen LogP contribution in [0.5, 0.6) is 0 Å². The highest BCUT2D eigenvalue weighted by Crippen LogP contribution is 2.06. The van der Waals surface area contributed by atoms with Crippen LogP contribution in [-0.2, 0) is 0 Å². The minimum Gasteiger partial charge on any atom is -0.356 e. The van der Waals surface area contributed by atoms with Crippen LogP contribution in [0.15, 0.2) is 12.3 Å². The molecule has 1 heterocycles. The van der Waals surface area contributed by atoms with Gasteiger partial charge in [-0.2, -0.15) is 0 Å². The molecule has 1 aliphatic rings. The van der Waals surface area contributed by atoms with Crippen molar-refractivity contribution in [2.24, 2.45) is 5.92 Å². The number of rotatable bonds is 2. The quantitative estimate of drug-likeness (QED) is 0.612. The van der Waals surface area contributed by atoms with Crippen molar-refractivity contribution < 1.29 is 0 Å². The van der Waals surface area contributed by atoms with Crippen molar-refractivity contribution in [1.82, 2.24) is 10.6 Å². The van der Waals surface area contributed by atoms with Crippen molar-refractivity contribution >= 4 is 17.3 Å². The molecular formula is C8H14N2S. The molecule has 0 fully saturated rings. The van der Waals surface area contributed by atoms with E-state index in [4.69, 9.17) is 12.2 Å². The molecule has 0 saturated carbocycles. The summed E-state index contributed by atoms with van der Waals surface area (Å²) >= 11 is 4.96. The largest absolute Gasteiger partial charge is 0.356 e. The van der Waals surface area contributed by atoms with Crippen LogP contribution < -0.4 is 10.6 Å². The third kappa shape index (κ3) is 2.89. The Morgan fingerprint density at radius 2 is 2.36 bits per heavy atom. The van der Waals surface area contributed by atoms with Crippen molar-refractivity contribution in [3.05, 3.63) is 12.3 Å². The van der Waals surface area contributed by atoms with Gasteiger partial charge >= 0.3 is 0 Å². The third-order valence-corrected chi connectivity index (χ3v) is 1.82. The van der Waals surface area contributed by atoms with Gasteiger partial charge in [-0.15, -0.1) is 0 Å². The number of hydrogen-bond donors (Lipinski definition) is 2. The first-order valence-corrected chi connectivity index (χ1v) is 4.33. The summed E-state index contributed by atoms with van der Waals surface area (Å²) in [4.78, 5) is 0. The zero-order valence-corrected chi connectivity index (χ0v) is 7.74. The predicted octanol–water partition coefficient (Wildman–Crippen LogP) is 1.39. The summed E-state index contributed by atoms with van der Waals surface area (Å²) < 4.78 is 0. The Kier molecular flexibility index (Phi) is 2.88. The molecule has 0 spiro atoms. The Morgan fingerprint density at radius 1 is 1.64 bits per heavy atom. The molecule has 1 rings (SSSR count). The maximum Gasteiger partial charge on any atom is 0.170 e. The first kappa shape index (κ1) is 8.53. The maximum absolute atomic E-state index is 4.96. The molecule has 1 unspecified atom stereocenters. The average Bonchev–Trinajstić information content (AvgIpc) is 1.85. The van der Waals surface area contributed by atoms with E-state index in [1.165, 1.54) is 0 Å². The van der Waals surface area contributed by atoms with Crippen LogP contribution in [0.2, 0.25) is 0 Å². The molecule has 11 heavy (non-hydrogen) atoms. The lowest BCUT2D eigenvalue weighted by atomic mass is 10.0. The molecule has 2 N–H and O–H groups in total. The van der Waals surface area contributed by atoms with E-state index in [1.807, 2.05) is 6.20 Å². The minimum atomic E-state index is 0.420. The van der Waals surface area contributed by atoms with Gasteiger partial charge in [-0.1, -0.05) is 13.8 Å². The predicted molar refractivity (Wildman–Crippen MR) is 51.3 cm³/mol. The molecule has 62 valence electrons. The van der Waals surface area contributed by atoms with E-state index in [1.54, 1.807) is 0 Å². The Labute approximate surface area is 73.1 Å². The molecule has 0 aromatic rings. The van der Waals surface area contributed by atoms with Gasteiger partial charge in [-0.05, 0) is 30.6 Å². The zero-order valence-electron chi connectivity index (χ0n) is 6.92. The molecular weight excluding hydrogens is 156 g/mol. The molecule has 0 amide bonds. The number of hydrogen-bond acceptors (Lipinski definition) is 1. The molecule has 0 radical (unpaired) electrons. The SMILES string of the molecule is CC(C)CC1C=CNC(=S)N1. The summed E-state index contributed by atoms with van der Waals surface area (Å²) in [6, 6.07) is 0.420. The molecule has 2 nitrogen and oxygen atoms in total. The fraction of sp³-hybridized carbons (Fsp3) is 0.625. The third-order valence-electron chi connectivity index (χ3n) is 1.58. The van der Waals surface area contributed by atoms with Gasteiger partial charge in [0.05, 0.1) is 0 Å². The second-order valence-corrected chi connectivity index (χ2v) is 3.62. The van der Waals surface area contributed by atoms with Gasteiger partial charge in [0.2, 0.25) is 0 Å². The van der Waals surface area contributed by atoms with E-state index in [2.05, 4.69) is 30.6 Å². The molecule has 1 atom stereocenters. The van der Waals surface area contributed by atoms with Crippen molar-refractivity contribution in [2.45, 2.75) is 26.3 Å². The van der Waals surface area contributed by atoms with Gasteiger partial charge in [-0.25, -0.2) is 0 Å². The zero-order chi connectivity index (χ0) is 8.27. The van der Waals surface area contributed by atoms with Crippen LogP contribution in [0, 0.1) is 5.92 Å². The lowest BCUT2D eigenvalue weighted by Crippen LogP contribution is -2.43. The summed E-state index contributed by atoms with van der Waals surface area (Å²) in [6.45, 7) is 4.42. The molecule has 0 saturated heterocycles. The maximum atomic E-state index is 4.96. The Hall–Kier alpha value is -0.570. The van der Waals surface area contributed by atoms with E-state index >= 15 is 0 Å². The Balaban J connectivity index is 2.40. The van der Waals surface area contributed by atoms with Crippen LogP contribution in [0.1, 0.15) is 20.3 Å². The molecule has 3 heteroatoms. The summed E-state index contributed by atoms with van der Waals surface area (Å²) in [7, 11) is 0. The summed E-state index contributed by atoms with van der Waals surface area (Å²) in [5, 5.41) is 6.84. The standard InChI is InChI=1S/C8H14N2S/c1-6(2)5-7-3-4-9-8(11)10-7/h3-4,6-7H,5H2,1-2H3,(H2,9,10,11). The molecule has 0 aromatic heterocycles. The second-order valence-electron chi connectivity index (χ2n) is 3.21. The van der Waals surface area contributed by atoms with E-state index in [-0.39, 0.29) is 0 Å². The topological polar surface area (TPSA) is 24.1 Å². The molecule has 1 aliphatic heterocycles. The summed E-state index contributed by atoms with van der Waals surface area (Å²) in [6.07, 6.45) is 5.15. The van der Waals surface area contributed by atoms with Crippen LogP contribution in [0.25, 0.3) is 0 Å².